The molecule has 2 heterocycles. The van der Waals surface area contributed by atoms with Crippen molar-refractivity contribution in [2.45, 2.75) is 6.54 Å². The van der Waals surface area contributed by atoms with Crippen LogP contribution in [0.25, 0.3) is 11.1 Å². The van der Waals surface area contributed by atoms with Gasteiger partial charge in [0.25, 0.3) is 0 Å². The summed E-state index contributed by atoms with van der Waals surface area (Å²) in [6.45, 7) is 0.671. The van der Waals surface area contributed by atoms with Crippen molar-refractivity contribution < 1.29 is 4.74 Å². The van der Waals surface area contributed by atoms with Gasteiger partial charge in [-0.1, -0.05) is 12.1 Å². The molecule has 0 fully saturated rings. The summed E-state index contributed by atoms with van der Waals surface area (Å²) in [6.07, 6.45) is 7.16. The highest BCUT2D eigenvalue weighted by Gasteiger charge is 2.01. The van der Waals surface area contributed by atoms with Crippen molar-refractivity contribution in [2.24, 2.45) is 0 Å². The molecule has 0 aliphatic carbocycles. The maximum atomic E-state index is 5.15. The normalized spacial score (nSPS) is 10.2. The van der Waals surface area contributed by atoms with Crippen LogP contribution in [0.2, 0.25) is 0 Å². The van der Waals surface area contributed by atoms with Gasteiger partial charge in [-0.2, -0.15) is 0 Å². The van der Waals surface area contributed by atoms with Gasteiger partial charge < -0.3 is 10.1 Å². The second kappa shape index (κ2) is 6.67. The van der Waals surface area contributed by atoms with Gasteiger partial charge in [0.2, 0.25) is 5.95 Å². The first-order valence-corrected chi connectivity index (χ1v) is 6.94. The number of methoxy groups -OCH3 is 1. The summed E-state index contributed by atoms with van der Waals surface area (Å²) in [7, 11) is 1.65. The number of rotatable bonds is 5. The molecule has 3 rings (SSSR count). The van der Waals surface area contributed by atoms with Crippen molar-refractivity contribution >= 4 is 5.95 Å². The smallest absolute Gasteiger partial charge is 0.222 e. The molecule has 1 N–H and O–H groups in total. The summed E-state index contributed by atoms with van der Waals surface area (Å²) in [4.78, 5) is 12.7. The van der Waals surface area contributed by atoms with E-state index in [0.717, 1.165) is 22.4 Å². The monoisotopic (exact) mass is 292 g/mol. The van der Waals surface area contributed by atoms with Gasteiger partial charge in [0.05, 0.1) is 7.11 Å². The number of benzene rings is 1. The van der Waals surface area contributed by atoms with Crippen molar-refractivity contribution in [3.8, 4) is 16.9 Å². The molecule has 0 saturated carbocycles. The minimum atomic E-state index is 0.606. The molecule has 0 spiro atoms. The lowest BCUT2D eigenvalue weighted by atomic mass is 10.1. The molecule has 1 aromatic carbocycles. The zero-order chi connectivity index (χ0) is 15.2. The highest BCUT2D eigenvalue weighted by molar-refractivity contribution is 5.62. The Bertz CT molecular complexity index is 712. The number of hydrogen-bond donors (Lipinski definition) is 1. The van der Waals surface area contributed by atoms with Crippen molar-refractivity contribution in [2.75, 3.05) is 12.4 Å². The molecule has 110 valence electrons. The summed E-state index contributed by atoms with van der Waals surface area (Å²) in [5, 5.41) is 3.19. The molecule has 0 atom stereocenters. The third-order valence-electron chi connectivity index (χ3n) is 3.28. The predicted octanol–water partition coefficient (Wildman–Crippen LogP) is 3.16. The first-order chi connectivity index (χ1) is 10.8. The molecule has 0 aliphatic rings. The summed E-state index contributed by atoms with van der Waals surface area (Å²) >= 11 is 0. The summed E-state index contributed by atoms with van der Waals surface area (Å²) in [5.41, 5.74) is 3.16. The lowest BCUT2D eigenvalue weighted by Gasteiger charge is -2.06. The topological polar surface area (TPSA) is 59.9 Å². The van der Waals surface area contributed by atoms with E-state index in [4.69, 9.17) is 4.74 Å². The molecule has 22 heavy (non-hydrogen) atoms. The van der Waals surface area contributed by atoms with Crippen LogP contribution in [0.15, 0.2) is 61.2 Å². The summed E-state index contributed by atoms with van der Waals surface area (Å²) < 4.78 is 5.15. The molecule has 3 aromatic rings. The molecule has 0 saturated heterocycles. The van der Waals surface area contributed by atoms with Gasteiger partial charge in [0, 0.05) is 36.9 Å². The van der Waals surface area contributed by atoms with E-state index in [0.29, 0.717) is 12.5 Å². The molecular weight excluding hydrogens is 276 g/mol. The Morgan fingerprint density at radius 3 is 2.23 bits per heavy atom. The van der Waals surface area contributed by atoms with Crippen molar-refractivity contribution in [1.82, 2.24) is 15.0 Å². The van der Waals surface area contributed by atoms with Crippen LogP contribution in [0.4, 0.5) is 5.95 Å². The van der Waals surface area contributed by atoms with E-state index >= 15 is 0 Å². The molecule has 0 radical (unpaired) electrons. The summed E-state index contributed by atoms with van der Waals surface area (Å²) in [6, 6.07) is 11.7. The fourth-order valence-electron chi connectivity index (χ4n) is 2.03. The number of pyridine rings is 1. The number of aromatic nitrogens is 3. The highest BCUT2D eigenvalue weighted by Crippen LogP contribution is 2.21. The fourth-order valence-corrected chi connectivity index (χ4v) is 2.03. The van der Waals surface area contributed by atoms with E-state index in [1.54, 1.807) is 19.5 Å². The van der Waals surface area contributed by atoms with Gasteiger partial charge in [-0.05, 0) is 35.4 Å². The first-order valence-electron chi connectivity index (χ1n) is 6.94. The van der Waals surface area contributed by atoms with Gasteiger partial charge in [-0.3, -0.25) is 4.98 Å². The number of nitrogens with one attached hydrogen (secondary N) is 1. The lowest BCUT2D eigenvalue weighted by molar-refractivity contribution is 0.415. The zero-order valence-electron chi connectivity index (χ0n) is 12.2. The zero-order valence-corrected chi connectivity index (χ0v) is 12.2. The third-order valence-corrected chi connectivity index (χ3v) is 3.28. The Hall–Kier alpha value is -2.95. The maximum absolute atomic E-state index is 5.15. The van der Waals surface area contributed by atoms with E-state index < -0.39 is 0 Å². The van der Waals surface area contributed by atoms with Crippen LogP contribution >= 0.6 is 0 Å². The van der Waals surface area contributed by atoms with E-state index in [2.05, 4.69) is 20.3 Å². The Morgan fingerprint density at radius 2 is 1.59 bits per heavy atom. The van der Waals surface area contributed by atoms with Crippen LogP contribution in [0.5, 0.6) is 5.75 Å². The van der Waals surface area contributed by atoms with Crippen LogP contribution in [0.1, 0.15) is 5.56 Å². The van der Waals surface area contributed by atoms with Crippen LogP contribution in [0, 0.1) is 0 Å². The molecule has 0 aliphatic heterocycles. The highest BCUT2D eigenvalue weighted by atomic mass is 16.5. The lowest BCUT2D eigenvalue weighted by Crippen LogP contribution is -2.03. The van der Waals surface area contributed by atoms with Gasteiger partial charge in [-0.15, -0.1) is 0 Å². The molecule has 0 bridgehead atoms. The largest absolute Gasteiger partial charge is 0.497 e. The Morgan fingerprint density at radius 1 is 0.909 bits per heavy atom. The maximum Gasteiger partial charge on any atom is 0.222 e. The molecule has 0 unspecified atom stereocenters. The van der Waals surface area contributed by atoms with Gasteiger partial charge in [0.1, 0.15) is 5.75 Å². The van der Waals surface area contributed by atoms with Gasteiger partial charge >= 0.3 is 0 Å². The molecule has 5 heteroatoms. The predicted molar refractivity (Wildman–Crippen MR) is 85.6 cm³/mol. The average Bonchev–Trinajstić information content (AvgIpc) is 2.61. The van der Waals surface area contributed by atoms with Crippen molar-refractivity contribution in [1.29, 1.82) is 0 Å². The van der Waals surface area contributed by atoms with Crippen molar-refractivity contribution in [3.63, 3.8) is 0 Å². The Balaban J connectivity index is 1.67. The minimum Gasteiger partial charge on any atom is -0.497 e. The SMILES string of the molecule is COc1ccc(-c2cnc(NCc3ccncc3)nc2)cc1. The van der Waals surface area contributed by atoms with E-state index in [9.17, 15) is 0 Å². The van der Waals surface area contributed by atoms with Crippen LogP contribution in [-0.4, -0.2) is 22.1 Å². The molecule has 5 nitrogen and oxygen atoms in total. The van der Waals surface area contributed by atoms with E-state index in [1.165, 1.54) is 0 Å². The Kier molecular flexibility index (Phi) is 4.25. The molecule has 0 amide bonds. The second-order valence-corrected chi connectivity index (χ2v) is 4.73. The van der Waals surface area contributed by atoms with Crippen LogP contribution < -0.4 is 10.1 Å². The summed E-state index contributed by atoms with van der Waals surface area (Å²) in [5.74, 6) is 1.44. The molecular formula is C17H16N4O. The van der Waals surface area contributed by atoms with Crippen molar-refractivity contribution in [3.05, 3.63) is 66.7 Å². The quantitative estimate of drug-likeness (QED) is 0.782. The van der Waals surface area contributed by atoms with Crippen LogP contribution in [0.3, 0.4) is 0 Å². The molecule has 2 aromatic heterocycles. The first kappa shape index (κ1) is 14.0. The fraction of sp³-hybridized carbons (Fsp3) is 0.118. The van der Waals surface area contributed by atoms with E-state index in [-0.39, 0.29) is 0 Å². The third kappa shape index (κ3) is 3.38. The number of hydrogen-bond acceptors (Lipinski definition) is 5. The number of ether oxygens (including phenoxy) is 1. The average molecular weight is 292 g/mol. The minimum absolute atomic E-state index is 0.606. The number of anilines is 1. The second-order valence-electron chi connectivity index (χ2n) is 4.73. The standard InChI is InChI=1S/C17H16N4O/c1-22-16-4-2-14(3-5-16)15-11-20-17(21-12-15)19-10-13-6-8-18-9-7-13/h2-9,11-12H,10H2,1H3,(H,19,20,21). The van der Waals surface area contributed by atoms with E-state index in [1.807, 2.05) is 48.8 Å². The number of nitrogens with zero attached hydrogens (tertiary/aromatic N) is 3. The van der Waals surface area contributed by atoms with Crippen LogP contribution in [-0.2, 0) is 6.54 Å². The van der Waals surface area contributed by atoms with Gasteiger partial charge in [0.15, 0.2) is 0 Å². The Labute approximate surface area is 129 Å². The van der Waals surface area contributed by atoms with Gasteiger partial charge in [-0.25, -0.2) is 9.97 Å².